The van der Waals surface area contributed by atoms with Crippen LogP contribution in [0.15, 0.2) is 0 Å². The molecular weight excluding hydrogens is 348 g/mol. The number of amides is 2. The Kier molecular flexibility index (Phi) is 5.40. The third-order valence-electron chi connectivity index (χ3n) is 8.94. The van der Waals surface area contributed by atoms with E-state index in [9.17, 15) is 9.59 Å². The molecular formula is C24H38N2O2. The molecule has 0 aromatic rings. The lowest BCUT2D eigenvalue weighted by Gasteiger charge is -2.54. The first-order valence-corrected chi connectivity index (χ1v) is 12.2. The molecule has 1 heterocycles. The number of carbonyl (C=O) groups is 2. The SMILES string of the molecule is O=C(NC1C2CC3CC(C2)CC1C3)C1CCN(C(=O)CC2CCCCC2)CC1. The summed E-state index contributed by atoms with van der Waals surface area (Å²) in [7, 11) is 0. The van der Waals surface area contributed by atoms with E-state index >= 15 is 0 Å². The Hall–Kier alpha value is -1.06. The van der Waals surface area contributed by atoms with Crippen molar-refractivity contribution in [1.82, 2.24) is 10.2 Å². The number of carbonyl (C=O) groups excluding carboxylic acids is 2. The predicted molar refractivity (Wildman–Crippen MR) is 109 cm³/mol. The Morgan fingerprint density at radius 1 is 0.786 bits per heavy atom. The lowest BCUT2D eigenvalue weighted by molar-refractivity contribution is -0.137. The molecule has 156 valence electrons. The summed E-state index contributed by atoms with van der Waals surface area (Å²) in [6.07, 6.45) is 15.7. The normalized spacial score (nSPS) is 38.6. The molecule has 0 aromatic heterocycles. The lowest BCUT2D eigenvalue weighted by atomic mass is 9.54. The molecule has 5 aliphatic carbocycles. The molecule has 1 saturated heterocycles. The van der Waals surface area contributed by atoms with Crippen molar-refractivity contribution < 1.29 is 9.59 Å². The third kappa shape index (κ3) is 3.85. The van der Waals surface area contributed by atoms with Gasteiger partial charge in [0.15, 0.2) is 0 Å². The van der Waals surface area contributed by atoms with E-state index in [1.165, 1.54) is 64.2 Å². The summed E-state index contributed by atoms with van der Waals surface area (Å²) >= 11 is 0. The fourth-order valence-electron chi connectivity index (χ4n) is 7.60. The second kappa shape index (κ2) is 7.99. The van der Waals surface area contributed by atoms with Crippen LogP contribution in [0, 0.1) is 35.5 Å². The van der Waals surface area contributed by atoms with Crippen LogP contribution in [0.4, 0.5) is 0 Å². The maximum Gasteiger partial charge on any atom is 0.223 e. The van der Waals surface area contributed by atoms with Crippen LogP contribution in [0.25, 0.3) is 0 Å². The molecule has 0 radical (unpaired) electrons. The molecule has 5 saturated carbocycles. The van der Waals surface area contributed by atoms with Gasteiger partial charge in [-0.25, -0.2) is 0 Å². The quantitative estimate of drug-likeness (QED) is 0.789. The maximum atomic E-state index is 13.0. The summed E-state index contributed by atoms with van der Waals surface area (Å²) in [6.45, 7) is 1.57. The monoisotopic (exact) mass is 386 g/mol. The van der Waals surface area contributed by atoms with Gasteiger partial charge in [-0.3, -0.25) is 9.59 Å². The van der Waals surface area contributed by atoms with Gasteiger partial charge in [0.2, 0.25) is 11.8 Å². The molecule has 2 amide bonds. The predicted octanol–water partition coefficient (Wildman–Crippen LogP) is 4.14. The van der Waals surface area contributed by atoms with Gasteiger partial charge >= 0.3 is 0 Å². The minimum absolute atomic E-state index is 0.121. The number of piperidine rings is 1. The maximum absolute atomic E-state index is 13.0. The molecule has 1 N–H and O–H groups in total. The molecule has 4 heteroatoms. The summed E-state index contributed by atoms with van der Waals surface area (Å²) in [6, 6.07) is 0.450. The molecule has 6 aliphatic rings. The van der Waals surface area contributed by atoms with Crippen LogP contribution in [-0.4, -0.2) is 35.8 Å². The summed E-state index contributed by atoms with van der Waals surface area (Å²) in [5, 5.41) is 3.50. The average Bonchev–Trinajstić information content (AvgIpc) is 2.71. The summed E-state index contributed by atoms with van der Waals surface area (Å²) < 4.78 is 0. The molecule has 0 atom stereocenters. The topological polar surface area (TPSA) is 49.4 Å². The Morgan fingerprint density at radius 3 is 2.00 bits per heavy atom. The highest BCUT2D eigenvalue weighted by atomic mass is 16.2. The van der Waals surface area contributed by atoms with Gasteiger partial charge in [0.05, 0.1) is 0 Å². The van der Waals surface area contributed by atoms with Crippen molar-refractivity contribution in [2.24, 2.45) is 35.5 Å². The second-order valence-electron chi connectivity index (χ2n) is 10.8. The van der Waals surface area contributed by atoms with Crippen molar-refractivity contribution in [3.05, 3.63) is 0 Å². The first-order valence-electron chi connectivity index (χ1n) is 12.2. The lowest BCUT2D eigenvalue weighted by Crippen LogP contribution is -2.57. The zero-order valence-electron chi connectivity index (χ0n) is 17.4. The van der Waals surface area contributed by atoms with Crippen molar-refractivity contribution in [3.8, 4) is 0 Å². The van der Waals surface area contributed by atoms with E-state index in [4.69, 9.17) is 0 Å². The molecule has 4 nitrogen and oxygen atoms in total. The number of likely N-dealkylation sites (tertiary alicyclic amines) is 1. The van der Waals surface area contributed by atoms with Crippen LogP contribution in [0.5, 0.6) is 0 Å². The van der Waals surface area contributed by atoms with E-state index in [-0.39, 0.29) is 11.8 Å². The molecule has 0 aromatic carbocycles. The number of hydrogen-bond donors (Lipinski definition) is 1. The highest BCUT2D eigenvalue weighted by molar-refractivity contribution is 5.80. The molecule has 1 aliphatic heterocycles. The molecule has 0 spiro atoms. The Bertz CT molecular complexity index is 561. The van der Waals surface area contributed by atoms with E-state index in [2.05, 4.69) is 5.32 Å². The van der Waals surface area contributed by atoms with E-state index < -0.39 is 0 Å². The number of rotatable bonds is 4. The van der Waals surface area contributed by atoms with Gasteiger partial charge in [0.25, 0.3) is 0 Å². The van der Waals surface area contributed by atoms with E-state index in [0.717, 1.165) is 56.0 Å². The average molecular weight is 387 g/mol. The van der Waals surface area contributed by atoms with E-state index in [1.54, 1.807) is 0 Å². The Balaban J connectivity index is 1.09. The van der Waals surface area contributed by atoms with Crippen LogP contribution in [0.2, 0.25) is 0 Å². The van der Waals surface area contributed by atoms with Crippen LogP contribution < -0.4 is 5.32 Å². The zero-order chi connectivity index (χ0) is 19.1. The number of hydrogen-bond acceptors (Lipinski definition) is 2. The van der Waals surface area contributed by atoms with Crippen LogP contribution in [0.1, 0.15) is 83.5 Å². The summed E-state index contributed by atoms with van der Waals surface area (Å²) in [5.74, 6) is 4.76. The van der Waals surface area contributed by atoms with Gasteiger partial charge in [-0.15, -0.1) is 0 Å². The summed E-state index contributed by atoms with van der Waals surface area (Å²) in [4.78, 5) is 27.7. The number of nitrogens with zero attached hydrogens (tertiary/aromatic N) is 1. The highest BCUT2D eigenvalue weighted by Gasteiger charge is 2.49. The smallest absolute Gasteiger partial charge is 0.223 e. The molecule has 28 heavy (non-hydrogen) atoms. The molecule has 6 fully saturated rings. The van der Waals surface area contributed by atoms with Gasteiger partial charge in [0.1, 0.15) is 0 Å². The van der Waals surface area contributed by atoms with Crippen LogP contribution in [-0.2, 0) is 9.59 Å². The van der Waals surface area contributed by atoms with E-state index in [1.807, 2.05) is 4.90 Å². The summed E-state index contributed by atoms with van der Waals surface area (Å²) in [5.41, 5.74) is 0. The minimum atomic E-state index is 0.121. The van der Waals surface area contributed by atoms with Crippen molar-refractivity contribution in [2.45, 2.75) is 89.5 Å². The highest BCUT2D eigenvalue weighted by Crippen LogP contribution is 2.53. The molecule has 6 rings (SSSR count). The minimum Gasteiger partial charge on any atom is -0.353 e. The van der Waals surface area contributed by atoms with Crippen LogP contribution >= 0.6 is 0 Å². The third-order valence-corrected chi connectivity index (χ3v) is 8.94. The largest absolute Gasteiger partial charge is 0.353 e. The van der Waals surface area contributed by atoms with Crippen molar-refractivity contribution >= 4 is 11.8 Å². The van der Waals surface area contributed by atoms with Gasteiger partial charge in [-0.1, -0.05) is 19.3 Å². The van der Waals surface area contributed by atoms with Gasteiger partial charge in [0, 0.05) is 31.5 Å². The van der Waals surface area contributed by atoms with Gasteiger partial charge in [-0.2, -0.15) is 0 Å². The molecule has 0 unspecified atom stereocenters. The molecule has 4 bridgehead atoms. The van der Waals surface area contributed by atoms with Crippen LogP contribution in [0.3, 0.4) is 0 Å². The van der Waals surface area contributed by atoms with Crippen molar-refractivity contribution in [2.75, 3.05) is 13.1 Å². The fraction of sp³-hybridized carbons (Fsp3) is 0.917. The zero-order valence-corrected chi connectivity index (χ0v) is 17.4. The van der Waals surface area contributed by atoms with Crippen molar-refractivity contribution in [1.29, 1.82) is 0 Å². The fourth-order valence-corrected chi connectivity index (χ4v) is 7.60. The number of nitrogens with one attached hydrogen (secondary N) is 1. The second-order valence-corrected chi connectivity index (χ2v) is 10.8. The van der Waals surface area contributed by atoms with E-state index in [0.29, 0.717) is 17.9 Å². The van der Waals surface area contributed by atoms with Gasteiger partial charge in [-0.05, 0) is 87.4 Å². The Labute approximate surface area is 170 Å². The standard InChI is InChI=1S/C24H38N2O2/c27-22(15-16-4-2-1-3-5-16)26-8-6-19(7-9-26)24(28)25-23-20-11-17-10-18(13-20)14-21(23)12-17/h16-21,23H,1-15H2,(H,25,28). The first-order chi connectivity index (χ1) is 13.7. The van der Waals surface area contributed by atoms with Gasteiger partial charge < -0.3 is 10.2 Å². The Morgan fingerprint density at radius 2 is 1.39 bits per heavy atom. The van der Waals surface area contributed by atoms with Crippen molar-refractivity contribution in [3.63, 3.8) is 0 Å². The first kappa shape index (κ1) is 18.9.